The number of carbonyl (C=O) groups is 5. The van der Waals surface area contributed by atoms with E-state index in [0.717, 1.165) is 126 Å². The minimum atomic E-state index is -0.478. The third-order valence-corrected chi connectivity index (χ3v) is 21.9. The molecule has 3 heterocycles. The average molecular weight is 1690 g/mol. The van der Waals surface area contributed by atoms with Gasteiger partial charge in [-0.1, -0.05) is 102 Å². The second-order valence-electron chi connectivity index (χ2n) is 28.7. The smallest absolute Gasteiger partial charge is 0.253 e. The van der Waals surface area contributed by atoms with E-state index in [4.69, 9.17) is 58.5 Å². The number of thioether (sulfide) groups is 2. The summed E-state index contributed by atoms with van der Waals surface area (Å²) in [4.78, 5) is 69.5. The highest BCUT2D eigenvalue weighted by Crippen LogP contribution is 2.36. The normalized spacial score (nSPS) is 12.9. The van der Waals surface area contributed by atoms with Gasteiger partial charge in [0.2, 0.25) is 5.91 Å². The highest BCUT2D eigenvalue weighted by molar-refractivity contribution is 7.98. The number of likely N-dealkylation sites (tertiary alicyclic amines) is 2. The molecule has 3 fully saturated rings. The van der Waals surface area contributed by atoms with Crippen LogP contribution < -0.4 is 15.5 Å². The Hall–Kier alpha value is -9.29. The van der Waals surface area contributed by atoms with Crippen LogP contribution in [0.25, 0.3) is 55.6 Å². The largest absolute Gasteiger partial charge is 0.380 e. The molecule has 0 atom stereocenters. The van der Waals surface area contributed by atoms with Crippen molar-refractivity contribution in [1.29, 1.82) is 0 Å². The molecule has 3 aliphatic heterocycles. The molecule has 3 aliphatic rings. The van der Waals surface area contributed by atoms with E-state index < -0.39 is 17.5 Å². The molecule has 0 bridgehead atoms. The SMILES string of the molecule is COCc1cc(C(=O)N2CCCC2)ccc1-c1ccc(Cl)c(F)c1.COCc1cc(C(=O)N2CCCC2)ccc1-c1ccc(Cl)cc1F.COCc1cc(C(=O)NC(C)C)ccc1-c1ccc(Cl)c(F)c1.COCc1cc(C(=O)NC(C)C)ccc1-c1ccc(SC)cc1.COCc1cc(N2CCCC2=O)ccc1-c1ccc(SC)cc1. The Kier molecular flexibility index (Phi) is 35.7. The van der Waals surface area contributed by atoms with Gasteiger partial charge in [0.05, 0.1) is 43.1 Å². The highest BCUT2D eigenvalue weighted by atomic mass is 35.5. The fourth-order valence-electron chi connectivity index (χ4n) is 13.8. The van der Waals surface area contributed by atoms with Crippen LogP contribution in [-0.4, -0.2) is 132 Å². The molecule has 0 aromatic heterocycles. The van der Waals surface area contributed by atoms with Crippen molar-refractivity contribution in [1.82, 2.24) is 20.4 Å². The molecule has 0 spiro atoms. The number of benzene rings is 10. The van der Waals surface area contributed by atoms with Gasteiger partial charge in [-0.3, -0.25) is 24.0 Å². The maximum absolute atomic E-state index is 14.3. The fraction of sp³-hybridized carbons (Fsp3) is 0.309. The van der Waals surface area contributed by atoms with Crippen LogP contribution in [0.2, 0.25) is 15.1 Å². The number of carbonyl (C=O) groups excluding carboxylic acids is 5. The van der Waals surface area contributed by atoms with Crippen molar-refractivity contribution < 1.29 is 60.8 Å². The first-order chi connectivity index (χ1) is 56.4. The van der Waals surface area contributed by atoms with Crippen LogP contribution in [0, 0.1) is 17.5 Å². The number of nitrogens with zero attached hydrogens (tertiary/aromatic N) is 3. The molecule has 0 radical (unpaired) electrons. The van der Waals surface area contributed by atoms with Crippen molar-refractivity contribution in [3.05, 3.63) is 277 Å². The van der Waals surface area contributed by atoms with Crippen LogP contribution >= 0.6 is 58.3 Å². The zero-order valence-electron chi connectivity index (χ0n) is 68.0. The molecule has 23 heteroatoms. The predicted octanol–water partition coefficient (Wildman–Crippen LogP) is 22.2. The number of anilines is 1. The topological polar surface area (TPSA) is 165 Å². The molecule has 0 saturated carbocycles. The van der Waals surface area contributed by atoms with Gasteiger partial charge in [0.1, 0.15) is 17.5 Å². The monoisotopic (exact) mass is 1690 g/mol. The first-order valence-corrected chi connectivity index (χ1v) is 42.2. The summed E-state index contributed by atoms with van der Waals surface area (Å²) in [6, 6.07) is 59.2. The fourth-order valence-corrected chi connectivity index (χ4v) is 15.0. The van der Waals surface area contributed by atoms with E-state index in [1.165, 1.54) is 45.7 Å². The lowest BCUT2D eigenvalue weighted by Crippen LogP contribution is -2.30. The van der Waals surface area contributed by atoms with Gasteiger partial charge in [0.25, 0.3) is 23.6 Å². The lowest BCUT2D eigenvalue weighted by atomic mass is 9.97. The minimum absolute atomic E-state index is 0.0213. The van der Waals surface area contributed by atoms with E-state index in [0.29, 0.717) is 89.0 Å². The summed E-state index contributed by atoms with van der Waals surface area (Å²) in [6.07, 6.45) is 9.93. The van der Waals surface area contributed by atoms with Crippen LogP contribution in [0.1, 0.15) is 135 Å². The standard InChI is InChI=1S/2C19H19ClFNO2.C19H21NO2S.C19H23NO2S.C18H19ClFNO2/c1-24-12-15-10-14(19(23)22-8-2-3-9-22)4-6-16(15)13-5-7-17(20)18(21)11-13;1-24-12-14-10-13(19(23)22-8-2-3-9-22)4-6-16(14)17-7-5-15(20)11-18(17)21;1-22-13-15-12-16(20-11-3-4-19(20)21)7-10-18(15)14-5-8-17(23-2)9-6-14;1-13(2)20-19(21)15-7-10-18(16(11-15)12-22-3)14-5-8-17(23-4)9-6-14;1-11(2)21-18(22)13-4-6-15(14(8-13)10-23-3)12-5-7-16(19)17(20)9-12/h2*4-7,10-11H,2-3,8-9,12H2,1H3;5-10,12H,3-4,11,13H2,1-2H3;5-11,13H,12H2,1-4H3,(H,20,21);4-9,11H,10H2,1-3H3,(H,21,22). The Bertz CT molecular complexity index is 5050. The van der Waals surface area contributed by atoms with Crippen LogP contribution in [0.15, 0.2) is 204 Å². The number of hydrogen-bond acceptors (Lipinski definition) is 12. The maximum atomic E-state index is 14.3. The van der Waals surface area contributed by atoms with E-state index in [-0.39, 0.29) is 51.7 Å². The summed E-state index contributed by atoms with van der Waals surface area (Å²) in [5, 5.41) is 6.29. The van der Waals surface area contributed by atoms with E-state index >= 15 is 0 Å². The second-order valence-corrected chi connectivity index (χ2v) is 31.7. The highest BCUT2D eigenvalue weighted by Gasteiger charge is 2.26. The molecule has 616 valence electrons. The molecule has 15 nitrogen and oxygen atoms in total. The van der Waals surface area contributed by atoms with Gasteiger partial charge in [-0.05, 0) is 278 Å². The molecular weight excluding hydrogens is 1590 g/mol. The van der Waals surface area contributed by atoms with Crippen LogP contribution in [0.4, 0.5) is 18.9 Å². The third-order valence-electron chi connectivity index (χ3n) is 19.5. The van der Waals surface area contributed by atoms with Crippen molar-refractivity contribution in [2.75, 3.05) is 85.7 Å². The lowest BCUT2D eigenvalue weighted by molar-refractivity contribution is -0.117. The molecule has 5 amide bonds. The number of methoxy groups -OCH3 is 5. The number of rotatable bonds is 24. The Morgan fingerprint density at radius 2 is 0.726 bits per heavy atom. The van der Waals surface area contributed by atoms with Crippen molar-refractivity contribution in [3.8, 4) is 55.6 Å². The summed E-state index contributed by atoms with van der Waals surface area (Å²) >= 11 is 20.8. The first kappa shape index (κ1) is 91.6. The lowest BCUT2D eigenvalue weighted by Gasteiger charge is -2.19. The molecule has 13 rings (SSSR count). The summed E-state index contributed by atoms with van der Waals surface area (Å²) in [5.74, 6) is -1.26. The molecule has 2 N–H and O–H groups in total. The second kappa shape index (κ2) is 45.6. The van der Waals surface area contributed by atoms with Gasteiger partial charge in [-0.15, -0.1) is 23.5 Å². The van der Waals surface area contributed by atoms with Crippen LogP contribution in [0.3, 0.4) is 0 Å². The quantitative estimate of drug-likeness (QED) is 0.0551. The van der Waals surface area contributed by atoms with Crippen molar-refractivity contribution in [2.24, 2.45) is 0 Å². The summed E-state index contributed by atoms with van der Waals surface area (Å²) in [7, 11) is 8.13. The summed E-state index contributed by atoms with van der Waals surface area (Å²) in [6.45, 7) is 13.7. The zero-order chi connectivity index (χ0) is 84.2. The van der Waals surface area contributed by atoms with Gasteiger partial charge >= 0.3 is 0 Å². The molecule has 3 saturated heterocycles. The molecule has 0 unspecified atom stereocenters. The van der Waals surface area contributed by atoms with Crippen LogP contribution in [0.5, 0.6) is 0 Å². The van der Waals surface area contributed by atoms with E-state index in [1.54, 1.807) is 126 Å². The van der Waals surface area contributed by atoms with E-state index in [9.17, 15) is 37.1 Å². The van der Waals surface area contributed by atoms with E-state index in [2.05, 4.69) is 83.8 Å². The van der Waals surface area contributed by atoms with Gasteiger partial charge in [-0.25, -0.2) is 13.2 Å². The number of amides is 5. The third kappa shape index (κ3) is 25.6. The van der Waals surface area contributed by atoms with Gasteiger partial charge in [0, 0.05) is 135 Å². The Morgan fingerprint density at radius 3 is 1.09 bits per heavy atom. The predicted molar refractivity (Wildman–Crippen MR) is 468 cm³/mol. The molecule has 117 heavy (non-hydrogen) atoms. The molecular formula is C94H101Cl3F3N5O10S2. The van der Waals surface area contributed by atoms with Crippen molar-refractivity contribution in [2.45, 2.75) is 121 Å². The van der Waals surface area contributed by atoms with Crippen LogP contribution in [-0.2, 0) is 61.5 Å². The Balaban J connectivity index is 0.000000167. The number of halogens is 6. The molecule has 10 aromatic rings. The summed E-state index contributed by atoms with van der Waals surface area (Å²) < 4.78 is 68.1. The van der Waals surface area contributed by atoms with Crippen molar-refractivity contribution in [3.63, 3.8) is 0 Å². The van der Waals surface area contributed by atoms with Gasteiger partial charge in [0.15, 0.2) is 0 Å². The Morgan fingerprint density at radius 1 is 0.385 bits per heavy atom. The number of nitrogens with one attached hydrogen (secondary N) is 2. The maximum Gasteiger partial charge on any atom is 0.253 e. The first-order valence-electron chi connectivity index (χ1n) is 38.6. The van der Waals surface area contributed by atoms with Crippen molar-refractivity contribution >= 4 is 93.5 Å². The minimum Gasteiger partial charge on any atom is -0.380 e. The van der Waals surface area contributed by atoms with Gasteiger partial charge in [-0.2, -0.15) is 0 Å². The number of ether oxygens (including phenoxy) is 5. The van der Waals surface area contributed by atoms with Gasteiger partial charge < -0.3 is 49.0 Å². The molecule has 10 aromatic carbocycles. The summed E-state index contributed by atoms with van der Waals surface area (Å²) in [5.41, 5.74) is 16.8. The molecule has 0 aliphatic carbocycles. The number of hydrogen-bond donors (Lipinski definition) is 2. The zero-order valence-corrected chi connectivity index (χ0v) is 71.9. The average Bonchev–Trinajstić information content (AvgIpc) is 0.933. The Labute approximate surface area is 709 Å². The van der Waals surface area contributed by atoms with E-state index in [1.807, 2.05) is 78.8 Å².